The van der Waals surface area contributed by atoms with Gasteiger partial charge in [-0.15, -0.1) is 11.3 Å². The number of hydrogen-bond donors (Lipinski definition) is 1. The molecule has 0 bridgehead atoms. The monoisotopic (exact) mass is 360 g/mol. The zero-order chi connectivity index (χ0) is 18.4. The van der Waals surface area contributed by atoms with E-state index in [-0.39, 0.29) is 5.91 Å². The van der Waals surface area contributed by atoms with Gasteiger partial charge < -0.3 is 10.1 Å². The molecule has 1 N–H and O–H groups in total. The molecular weight excluding hydrogens is 332 g/mol. The summed E-state index contributed by atoms with van der Waals surface area (Å²) in [6.45, 7) is 10.2. The summed E-state index contributed by atoms with van der Waals surface area (Å²) in [6, 6.07) is 12.7. The van der Waals surface area contributed by atoms with Gasteiger partial charge in [0.05, 0.1) is 12.0 Å². The lowest BCUT2D eigenvalue weighted by Crippen LogP contribution is -2.42. The first-order valence-electron chi connectivity index (χ1n) is 8.70. The summed E-state index contributed by atoms with van der Waals surface area (Å²) in [7, 11) is 1.66. The highest BCUT2D eigenvalue weighted by Crippen LogP contribution is 2.29. The number of hydrogen-bond acceptors (Lipinski definition) is 4. The number of ether oxygens (including phenoxy) is 1. The molecule has 0 saturated carbocycles. The molecule has 4 nitrogen and oxygen atoms in total. The molecule has 2 aromatic rings. The van der Waals surface area contributed by atoms with Crippen molar-refractivity contribution in [1.82, 2.24) is 10.2 Å². The van der Waals surface area contributed by atoms with E-state index in [2.05, 4.69) is 37.9 Å². The van der Waals surface area contributed by atoms with E-state index < -0.39 is 0 Å². The molecule has 0 unspecified atom stereocenters. The Balaban J connectivity index is 1.93. The van der Waals surface area contributed by atoms with Gasteiger partial charge in [-0.05, 0) is 69.7 Å². The van der Waals surface area contributed by atoms with Crippen molar-refractivity contribution in [3.8, 4) is 16.2 Å². The second kappa shape index (κ2) is 9.02. The lowest BCUT2D eigenvalue weighted by molar-refractivity contribution is 0.0943. The van der Waals surface area contributed by atoms with Gasteiger partial charge in [0.1, 0.15) is 5.75 Å². The quantitative estimate of drug-likeness (QED) is 0.764. The first-order chi connectivity index (χ1) is 11.9. The summed E-state index contributed by atoms with van der Waals surface area (Å²) in [5, 5.41) is 3.03. The van der Waals surface area contributed by atoms with Crippen molar-refractivity contribution in [3.05, 3.63) is 41.3 Å². The van der Waals surface area contributed by atoms with Gasteiger partial charge in [-0.1, -0.05) is 0 Å². The van der Waals surface area contributed by atoms with E-state index >= 15 is 0 Å². The van der Waals surface area contributed by atoms with Crippen LogP contribution >= 0.6 is 11.3 Å². The zero-order valence-corrected chi connectivity index (χ0v) is 16.5. The molecule has 0 aliphatic rings. The maximum Gasteiger partial charge on any atom is 0.261 e. The average Bonchev–Trinajstić information content (AvgIpc) is 3.08. The molecule has 1 amide bonds. The van der Waals surface area contributed by atoms with Gasteiger partial charge in [-0.2, -0.15) is 0 Å². The predicted molar refractivity (Wildman–Crippen MR) is 106 cm³/mol. The van der Waals surface area contributed by atoms with Crippen molar-refractivity contribution in [2.75, 3.05) is 20.2 Å². The average molecular weight is 361 g/mol. The Morgan fingerprint density at radius 3 is 2.28 bits per heavy atom. The van der Waals surface area contributed by atoms with Crippen LogP contribution in [0.2, 0.25) is 0 Å². The van der Waals surface area contributed by atoms with E-state index in [0.29, 0.717) is 18.6 Å². The van der Waals surface area contributed by atoms with Crippen LogP contribution in [0, 0.1) is 0 Å². The van der Waals surface area contributed by atoms with Gasteiger partial charge >= 0.3 is 0 Å². The maximum atomic E-state index is 12.4. The summed E-state index contributed by atoms with van der Waals surface area (Å²) >= 11 is 1.51. The predicted octanol–water partition coefficient (Wildman–Crippen LogP) is 4.27. The normalized spacial score (nSPS) is 11.4. The number of nitrogens with one attached hydrogen (secondary N) is 1. The van der Waals surface area contributed by atoms with E-state index in [9.17, 15) is 4.79 Å². The Morgan fingerprint density at radius 1 is 1.08 bits per heavy atom. The fraction of sp³-hybridized carbons (Fsp3) is 0.450. The lowest BCUT2D eigenvalue weighted by Gasteiger charge is -2.30. The van der Waals surface area contributed by atoms with E-state index in [0.717, 1.165) is 27.6 Å². The zero-order valence-electron chi connectivity index (χ0n) is 15.7. The fourth-order valence-corrected chi connectivity index (χ4v) is 3.80. The number of amides is 1. The van der Waals surface area contributed by atoms with Crippen LogP contribution < -0.4 is 10.1 Å². The van der Waals surface area contributed by atoms with Crippen molar-refractivity contribution in [2.45, 2.75) is 39.8 Å². The third-order valence-corrected chi connectivity index (χ3v) is 5.32. The molecule has 2 rings (SSSR count). The van der Waals surface area contributed by atoms with Crippen LogP contribution in [0.5, 0.6) is 5.75 Å². The third-order valence-electron chi connectivity index (χ3n) is 4.19. The Labute approximate surface area is 154 Å². The van der Waals surface area contributed by atoms with Gasteiger partial charge in [0.25, 0.3) is 5.91 Å². The number of methoxy groups -OCH3 is 1. The molecular formula is C20H28N2O2S. The van der Waals surface area contributed by atoms with Crippen molar-refractivity contribution in [3.63, 3.8) is 0 Å². The molecule has 1 heterocycles. The summed E-state index contributed by atoms with van der Waals surface area (Å²) in [5.74, 6) is 0.829. The van der Waals surface area contributed by atoms with Crippen LogP contribution in [-0.4, -0.2) is 43.1 Å². The second-order valence-electron chi connectivity index (χ2n) is 6.57. The van der Waals surface area contributed by atoms with Gasteiger partial charge in [0.2, 0.25) is 0 Å². The standard InChI is InChI=1S/C20H28N2O2S/c1-14(2)22(15(3)4)13-12-21-20(23)19-11-10-18(25-19)16-6-8-17(24-5)9-7-16/h6-11,14-15H,12-13H2,1-5H3,(H,21,23). The second-order valence-corrected chi connectivity index (χ2v) is 7.66. The summed E-state index contributed by atoms with van der Waals surface area (Å²) in [4.78, 5) is 16.6. The molecule has 0 spiro atoms. The largest absolute Gasteiger partial charge is 0.497 e. The highest BCUT2D eigenvalue weighted by molar-refractivity contribution is 7.17. The van der Waals surface area contributed by atoms with Crippen LogP contribution in [0.25, 0.3) is 10.4 Å². The van der Waals surface area contributed by atoms with Crippen LogP contribution in [0.1, 0.15) is 37.4 Å². The van der Waals surface area contributed by atoms with Crippen LogP contribution in [0.3, 0.4) is 0 Å². The summed E-state index contributed by atoms with van der Waals surface area (Å²) in [5.41, 5.74) is 1.09. The highest BCUT2D eigenvalue weighted by atomic mass is 32.1. The first-order valence-corrected chi connectivity index (χ1v) is 9.52. The molecule has 1 aromatic carbocycles. The molecule has 136 valence electrons. The highest BCUT2D eigenvalue weighted by Gasteiger charge is 2.14. The van der Waals surface area contributed by atoms with Gasteiger partial charge in [0.15, 0.2) is 0 Å². The van der Waals surface area contributed by atoms with E-state index in [1.54, 1.807) is 7.11 Å². The molecule has 0 aliphatic heterocycles. The smallest absolute Gasteiger partial charge is 0.261 e. The first kappa shape index (κ1) is 19.5. The maximum absolute atomic E-state index is 12.4. The topological polar surface area (TPSA) is 41.6 Å². The molecule has 1 aromatic heterocycles. The molecule has 0 aliphatic carbocycles. The van der Waals surface area contributed by atoms with Crippen LogP contribution in [-0.2, 0) is 0 Å². The van der Waals surface area contributed by atoms with Gasteiger partial charge in [-0.3, -0.25) is 9.69 Å². The third kappa shape index (κ3) is 5.31. The van der Waals surface area contributed by atoms with Crippen LogP contribution in [0.4, 0.5) is 0 Å². The molecule has 0 fully saturated rings. The number of nitrogens with zero attached hydrogens (tertiary/aromatic N) is 1. The Kier molecular flexibility index (Phi) is 7.02. The molecule has 0 atom stereocenters. The molecule has 0 radical (unpaired) electrons. The van der Waals surface area contributed by atoms with Crippen molar-refractivity contribution in [2.24, 2.45) is 0 Å². The number of benzene rings is 1. The minimum Gasteiger partial charge on any atom is -0.497 e. The van der Waals surface area contributed by atoms with Crippen LogP contribution in [0.15, 0.2) is 36.4 Å². The van der Waals surface area contributed by atoms with Crippen molar-refractivity contribution in [1.29, 1.82) is 0 Å². The number of carbonyl (C=O) groups is 1. The SMILES string of the molecule is COc1ccc(-c2ccc(C(=O)NCCN(C(C)C)C(C)C)s2)cc1. The number of rotatable bonds is 8. The Hall–Kier alpha value is -1.85. The minimum absolute atomic E-state index is 0.00257. The van der Waals surface area contributed by atoms with E-state index in [4.69, 9.17) is 4.74 Å². The van der Waals surface area contributed by atoms with Crippen molar-refractivity contribution < 1.29 is 9.53 Å². The van der Waals surface area contributed by atoms with Crippen molar-refractivity contribution >= 4 is 17.2 Å². The lowest BCUT2D eigenvalue weighted by atomic mass is 10.2. The van der Waals surface area contributed by atoms with Gasteiger partial charge in [0, 0.05) is 30.1 Å². The Morgan fingerprint density at radius 2 is 1.72 bits per heavy atom. The van der Waals surface area contributed by atoms with E-state index in [1.165, 1.54) is 11.3 Å². The minimum atomic E-state index is -0.00257. The number of carbonyl (C=O) groups excluding carboxylic acids is 1. The molecule has 5 heteroatoms. The Bertz CT molecular complexity index is 669. The fourth-order valence-electron chi connectivity index (χ4n) is 2.87. The van der Waals surface area contributed by atoms with E-state index in [1.807, 2.05) is 36.4 Å². The summed E-state index contributed by atoms with van der Waals surface area (Å²) in [6.07, 6.45) is 0. The number of thiophene rings is 1. The molecule has 25 heavy (non-hydrogen) atoms. The van der Waals surface area contributed by atoms with Gasteiger partial charge in [-0.25, -0.2) is 0 Å². The summed E-state index contributed by atoms with van der Waals surface area (Å²) < 4.78 is 5.18. The molecule has 0 saturated heterocycles.